The number of carbonyl (C=O) groups excluding carboxylic acids is 1. The summed E-state index contributed by atoms with van der Waals surface area (Å²) in [7, 11) is 0. The molecule has 2 aliphatic rings. The highest BCUT2D eigenvalue weighted by atomic mass is 19.1. The van der Waals surface area contributed by atoms with Crippen molar-refractivity contribution < 1.29 is 18.7 Å². The number of ether oxygens (including phenoxy) is 2. The molecule has 0 bridgehead atoms. The summed E-state index contributed by atoms with van der Waals surface area (Å²) in [6, 6.07) is 6.29. The first kappa shape index (κ1) is 18.8. The smallest absolute Gasteiger partial charge is 0.323 e. The number of anilines is 1. The van der Waals surface area contributed by atoms with Crippen LogP contribution in [0.2, 0.25) is 0 Å². The zero-order valence-corrected chi connectivity index (χ0v) is 15.9. The van der Waals surface area contributed by atoms with Crippen LogP contribution in [-0.4, -0.2) is 64.4 Å². The average Bonchev–Trinajstić information content (AvgIpc) is 3.04. The maximum absolute atomic E-state index is 13.9. The standard InChI is InChI=1S/C19H24FN5O3/c1-14-17(22-23-25(14)11-15-5-2-3-6-16(15)20)21-18(26)24-8-10-28-19(12-24)7-4-9-27-13-19/h2-3,5-6H,4,7-13H2,1H3,(H,21,26). The summed E-state index contributed by atoms with van der Waals surface area (Å²) in [4.78, 5) is 14.5. The van der Waals surface area contributed by atoms with Gasteiger partial charge in [0.25, 0.3) is 0 Å². The van der Waals surface area contributed by atoms with Gasteiger partial charge in [0.1, 0.15) is 11.4 Å². The van der Waals surface area contributed by atoms with Crippen LogP contribution in [0.25, 0.3) is 0 Å². The van der Waals surface area contributed by atoms with Crippen molar-refractivity contribution in [2.45, 2.75) is 31.9 Å². The van der Waals surface area contributed by atoms with E-state index in [4.69, 9.17) is 9.47 Å². The summed E-state index contributed by atoms with van der Waals surface area (Å²) >= 11 is 0. The minimum absolute atomic E-state index is 0.241. The predicted octanol–water partition coefficient (Wildman–Crippen LogP) is 2.19. The topological polar surface area (TPSA) is 81.5 Å². The lowest BCUT2D eigenvalue weighted by Gasteiger charge is -2.44. The molecule has 1 spiro atoms. The van der Waals surface area contributed by atoms with E-state index in [1.165, 1.54) is 6.07 Å². The van der Waals surface area contributed by atoms with E-state index >= 15 is 0 Å². The Morgan fingerprint density at radius 3 is 3.00 bits per heavy atom. The highest BCUT2D eigenvalue weighted by Gasteiger charge is 2.40. The minimum Gasteiger partial charge on any atom is -0.378 e. The normalized spacial score (nSPS) is 22.4. The second-order valence-electron chi connectivity index (χ2n) is 7.31. The predicted molar refractivity (Wildman–Crippen MR) is 99.6 cm³/mol. The van der Waals surface area contributed by atoms with Crippen LogP contribution in [0.3, 0.4) is 0 Å². The zero-order chi connectivity index (χ0) is 19.6. The van der Waals surface area contributed by atoms with Gasteiger partial charge in [-0.15, -0.1) is 5.10 Å². The molecule has 1 aromatic heterocycles. The molecule has 2 fully saturated rings. The monoisotopic (exact) mass is 389 g/mol. The molecule has 2 aromatic rings. The molecule has 1 atom stereocenters. The number of amides is 2. The summed E-state index contributed by atoms with van der Waals surface area (Å²) < 4.78 is 26.9. The van der Waals surface area contributed by atoms with Crippen molar-refractivity contribution in [2.75, 3.05) is 38.2 Å². The number of hydrogen-bond donors (Lipinski definition) is 1. The van der Waals surface area contributed by atoms with Gasteiger partial charge in [-0.3, -0.25) is 5.32 Å². The molecule has 2 aliphatic heterocycles. The van der Waals surface area contributed by atoms with Crippen LogP contribution >= 0.6 is 0 Å². The summed E-state index contributed by atoms with van der Waals surface area (Å²) in [6.45, 7) is 4.77. The fraction of sp³-hybridized carbons (Fsp3) is 0.526. The Hall–Kier alpha value is -2.52. The van der Waals surface area contributed by atoms with E-state index in [-0.39, 0.29) is 18.4 Å². The van der Waals surface area contributed by atoms with Gasteiger partial charge >= 0.3 is 6.03 Å². The Morgan fingerprint density at radius 2 is 2.21 bits per heavy atom. The molecule has 0 radical (unpaired) electrons. The Kier molecular flexibility index (Phi) is 5.27. The van der Waals surface area contributed by atoms with E-state index < -0.39 is 5.60 Å². The van der Waals surface area contributed by atoms with Gasteiger partial charge < -0.3 is 14.4 Å². The van der Waals surface area contributed by atoms with E-state index in [1.807, 2.05) is 0 Å². The number of aromatic nitrogens is 3. The van der Waals surface area contributed by atoms with Gasteiger partial charge in [-0.2, -0.15) is 0 Å². The fourth-order valence-electron chi connectivity index (χ4n) is 3.68. The van der Waals surface area contributed by atoms with Crippen molar-refractivity contribution >= 4 is 11.8 Å². The first-order chi connectivity index (χ1) is 13.6. The number of nitrogens with one attached hydrogen (secondary N) is 1. The number of morpholine rings is 1. The Bertz CT molecular complexity index is 844. The van der Waals surface area contributed by atoms with Gasteiger partial charge in [-0.25, -0.2) is 13.9 Å². The number of nitrogens with zero attached hydrogens (tertiary/aromatic N) is 4. The van der Waals surface area contributed by atoms with Crippen LogP contribution in [0.5, 0.6) is 0 Å². The van der Waals surface area contributed by atoms with E-state index in [9.17, 15) is 9.18 Å². The third-order valence-electron chi connectivity index (χ3n) is 5.31. The Balaban J connectivity index is 1.42. The van der Waals surface area contributed by atoms with Crippen molar-refractivity contribution in [3.63, 3.8) is 0 Å². The highest BCUT2D eigenvalue weighted by molar-refractivity contribution is 5.88. The molecule has 9 heteroatoms. The van der Waals surface area contributed by atoms with Crippen LogP contribution in [0.15, 0.2) is 24.3 Å². The number of urea groups is 1. The maximum Gasteiger partial charge on any atom is 0.323 e. The van der Waals surface area contributed by atoms with Crippen molar-refractivity contribution in [1.82, 2.24) is 19.9 Å². The van der Waals surface area contributed by atoms with Crippen molar-refractivity contribution in [2.24, 2.45) is 0 Å². The van der Waals surface area contributed by atoms with Crippen LogP contribution in [0, 0.1) is 12.7 Å². The molecular weight excluding hydrogens is 365 g/mol. The quantitative estimate of drug-likeness (QED) is 0.870. The maximum atomic E-state index is 13.9. The van der Waals surface area contributed by atoms with Crippen LogP contribution in [0.1, 0.15) is 24.1 Å². The number of benzene rings is 1. The first-order valence-electron chi connectivity index (χ1n) is 9.47. The minimum atomic E-state index is -0.411. The largest absolute Gasteiger partial charge is 0.378 e. The molecule has 1 aromatic carbocycles. The summed E-state index contributed by atoms with van der Waals surface area (Å²) in [5.74, 6) is 0.0816. The van der Waals surface area contributed by atoms with Crippen LogP contribution in [-0.2, 0) is 16.0 Å². The van der Waals surface area contributed by atoms with E-state index in [0.29, 0.717) is 43.4 Å². The van der Waals surface area contributed by atoms with Crippen molar-refractivity contribution in [3.8, 4) is 0 Å². The number of halogens is 1. The molecule has 0 saturated carbocycles. The third-order valence-corrected chi connectivity index (χ3v) is 5.31. The number of rotatable bonds is 3. The van der Waals surface area contributed by atoms with E-state index in [0.717, 1.165) is 19.4 Å². The number of hydrogen-bond acceptors (Lipinski definition) is 5. The molecule has 28 heavy (non-hydrogen) atoms. The van der Waals surface area contributed by atoms with Crippen LogP contribution in [0.4, 0.5) is 15.0 Å². The summed E-state index contributed by atoms with van der Waals surface area (Å²) in [6.07, 6.45) is 1.81. The lowest BCUT2D eigenvalue weighted by Crippen LogP contribution is -2.58. The molecule has 0 aliphatic carbocycles. The van der Waals surface area contributed by atoms with Gasteiger partial charge in [0.05, 0.1) is 32.0 Å². The molecule has 4 rings (SSSR count). The lowest BCUT2D eigenvalue weighted by molar-refractivity contribution is -0.159. The number of carbonyl (C=O) groups is 1. The molecule has 1 N–H and O–H groups in total. The molecular formula is C19H24FN5O3. The van der Waals surface area contributed by atoms with Crippen molar-refractivity contribution in [1.29, 1.82) is 0 Å². The van der Waals surface area contributed by atoms with Gasteiger partial charge in [0.15, 0.2) is 5.82 Å². The second kappa shape index (κ2) is 7.84. The van der Waals surface area contributed by atoms with Crippen LogP contribution < -0.4 is 5.32 Å². The third kappa shape index (κ3) is 3.85. The zero-order valence-electron chi connectivity index (χ0n) is 15.9. The van der Waals surface area contributed by atoms with Crippen molar-refractivity contribution in [3.05, 3.63) is 41.3 Å². The van der Waals surface area contributed by atoms with E-state index in [2.05, 4.69) is 15.6 Å². The summed E-state index contributed by atoms with van der Waals surface area (Å²) in [5.41, 5.74) is 0.770. The SMILES string of the molecule is Cc1c(NC(=O)N2CCOC3(CCCOC3)C2)nnn1Cc1ccccc1F. The first-order valence-corrected chi connectivity index (χ1v) is 9.47. The highest BCUT2D eigenvalue weighted by Crippen LogP contribution is 2.28. The molecule has 2 saturated heterocycles. The Morgan fingerprint density at radius 1 is 1.36 bits per heavy atom. The van der Waals surface area contributed by atoms with Gasteiger partial charge in [-0.1, -0.05) is 23.4 Å². The van der Waals surface area contributed by atoms with Gasteiger partial charge in [0, 0.05) is 18.7 Å². The van der Waals surface area contributed by atoms with Gasteiger partial charge in [0.2, 0.25) is 0 Å². The summed E-state index contributed by atoms with van der Waals surface area (Å²) in [5, 5.41) is 10.9. The van der Waals surface area contributed by atoms with Gasteiger partial charge in [-0.05, 0) is 25.8 Å². The molecule has 8 nitrogen and oxygen atoms in total. The second-order valence-corrected chi connectivity index (χ2v) is 7.31. The molecule has 3 heterocycles. The Labute approximate surface area is 162 Å². The molecule has 150 valence electrons. The fourth-order valence-corrected chi connectivity index (χ4v) is 3.68. The van der Waals surface area contributed by atoms with E-state index in [1.54, 1.807) is 34.7 Å². The molecule has 2 amide bonds. The average molecular weight is 389 g/mol. The molecule has 1 unspecified atom stereocenters. The lowest BCUT2D eigenvalue weighted by atomic mass is 9.94.